The molecule has 0 bridgehead atoms. The molecule has 0 spiro atoms. The van der Waals surface area contributed by atoms with E-state index >= 15 is 0 Å². The number of carbonyl (C=O) groups excluding carboxylic acids is 2. The number of halogens is 4. The van der Waals surface area contributed by atoms with Gasteiger partial charge in [-0.05, 0) is 43.3 Å². The van der Waals surface area contributed by atoms with Crippen LogP contribution in [0.3, 0.4) is 0 Å². The Morgan fingerprint density at radius 2 is 1.76 bits per heavy atom. The van der Waals surface area contributed by atoms with Gasteiger partial charge in [-0.15, -0.1) is 0 Å². The van der Waals surface area contributed by atoms with E-state index in [0.717, 1.165) is 0 Å². The van der Waals surface area contributed by atoms with E-state index in [0.29, 0.717) is 21.6 Å². The summed E-state index contributed by atoms with van der Waals surface area (Å²) in [6.45, 7) is 0.188. The van der Waals surface area contributed by atoms with Gasteiger partial charge >= 0.3 is 6.18 Å². The number of rotatable bonds is 4. The van der Waals surface area contributed by atoms with E-state index in [-0.39, 0.29) is 16.8 Å². The van der Waals surface area contributed by atoms with Crippen LogP contribution in [0.2, 0.25) is 5.02 Å². The minimum atomic E-state index is -4.54. The molecule has 0 aliphatic carbocycles. The molecule has 2 N–H and O–H groups in total. The first-order valence-electron chi connectivity index (χ1n) is 8.46. The van der Waals surface area contributed by atoms with Gasteiger partial charge in [0.15, 0.2) is 0 Å². The Bertz CT molecular complexity index is 1100. The lowest BCUT2D eigenvalue weighted by atomic mass is 10.1. The lowest BCUT2D eigenvalue weighted by molar-refractivity contribution is -0.123. The van der Waals surface area contributed by atoms with Crippen LogP contribution in [0.15, 0.2) is 48.5 Å². The van der Waals surface area contributed by atoms with Crippen LogP contribution >= 0.6 is 11.6 Å². The zero-order chi connectivity index (χ0) is 21.2. The van der Waals surface area contributed by atoms with E-state index in [1.807, 2.05) is 0 Å². The topological polar surface area (TPSA) is 71.1 Å². The first-order valence-corrected chi connectivity index (χ1v) is 8.84. The quantitative estimate of drug-likeness (QED) is 0.639. The van der Waals surface area contributed by atoms with E-state index < -0.39 is 24.5 Å². The van der Waals surface area contributed by atoms with Gasteiger partial charge in [0, 0.05) is 10.4 Å². The predicted molar refractivity (Wildman–Crippen MR) is 104 cm³/mol. The summed E-state index contributed by atoms with van der Waals surface area (Å²) in [5, 5.41) is 5.51. The van der Waals surface area contributed by atoms with E-state index in [9.17, 15) is 22.8 Å². The number of hydrogen-bond acceptors (Lipinski definition) is 3. The first kappa shape index (κ1) is 20.6. The average molecular weight is 422 g/mol. The lowest BCUT2D eigenvalue weighted by Gasteiger charge is -2.13. The summed E-state index contributed by atoms with van der Waals surface area (Å²) in [7, 11) is 0. The van der Waals surface area contributed by atoms with Crippen molar-refractivity contribution in [3.8, 4) is 0 Å². The monoisotopic (exact) mass is 421 g/mol. The second kappa shape index (κ2) is 8.08. The van der Waals surface area contributed by atoms with Crippen molar-refractivity contribution >= 4 is 40.0 Å². The molecule has 0 atom stereocenters. The Morgan fingerprint density at radius 1 is 1.03 bits per heavy atom. The Labute approximate surface area is 168 Å². The number of aromatic nitrogens is 1. The summed E-state index contributed by atoms with van der Waals surface area (Å²) in [6, 6.07) is 12.5. The van der Waals surface area contributed by atoms with Crippen molar-refractivity contribution < 1.29 is 22.8 Å². The highest BCUT2D eigenvalue weighted by Crippen LogP contribution is 2.23. The van der Waals surface area contributed by atoms with Crippen LogP contribution in [0, 0.1) is 6.92 Å². The molecule has 0 aliphatic heterocycles. The highest BCUT2D eigenvalue weighted by Gasteiger charge is 2.28. The van der Waals surface area contributed by atoms with Gasteiger partial charge in [-0.1, -0.05) is 23.7 Å². The van der Waals surface area contributed by atoms with Crippen molar-refractivity contribution in [1.29, 1.82) is 0 Å². The van der Waals surface area contributed by atoms with E-state index in [1.165, 1.54) is 18.2 Å². The van der Waals surface area contributed by atoms with Gasteiger partial charge in [-0.3, -0.25) is 14.6 Å². The minimum absolute atomic E-state index is 0.0838. The van der Waals surface area contributed by atoms with Crippen LogP contribution in [0.1, 0.15) is 26.4 Å². The highest BCUT2D eigenvalue weighted by molar-refractivity contribution is 6.31. The van der Waals surface area contributed by atoms with Crippen LogP contribution in [-0.4, -0.2) is 29.5 Å². The zero-order valence-electron chi connectivity index (χ0n) is 15.1. The van der Waals surface area contributed by atoms with Gasteiger partial charge in [-0.25, -0.2) is 0 Å². The third kappa shape index (κ3) is 5.03. The molecule has 3 rings (SSSR count). The van der Waals surface area contributed by atoms with Gasteiger partial charge in [0.1, 0.15) is 6.54 Å². The van der Waals surface area contributed by atoms with Crippen LogP contribution < -0.4 is 10.6 Å². The molecule has 3 aromatic rings. The molecule has 0 saturated carbocycles. The standard InChI is InChI=1S/C20H15ClF3N3O2/c1-11-15(9-12-8-13(21)6-7-16(12)26-11)19(29)27-17-5-3-2-4-14(17)18(28)25-10-20(22,23)24/h2-9H,10H2,1H3,(H,25,28)(H,27,29). The average Bonchev–Trinajstić information content (AvgIpc) is 2.65. The fourth-order valence-corrected chi connectivity index (χ4v) is 2.91. The third-order valence-electron chi connectivity index (χ3n) is 4.08. The van der Waals surface area contributed by atoms with Gasteiger partial charge in [-0.2, -0.15) is 13.2 Å². The Hall–Kier alpha value is -3.13. The molecule has 0 unspecified atom stereocenters. The first-order chi connectivity index (χ1) is 13.6. The van der Waals surface area contributed by atoms with Gasteiger partial charge in [0.05, 0.1) is 28.0 Å². The molecular weight excluding hydrogens is 407 g/mol. The zero-order valence-corrected chi connectivity index (χ0v) is 15.9. The SMILES string of the molecule is Cc1nc2ccc(Cl)cc2cc1C(=O)Nc1ccccc1C(=O)NCC(F)(F)F. The fraction of sp³-hybridized carbons (Fsp3) is 0.150. The van der Waals surface area contributed by atoms with Gasteiger partial charge in [0.2, 0.25) is 0 Å². The minimum Gasteiger partial charge on any atom is -0.343 e. The number of para-hydroxylation sites is 1. The molecule has 2 amide bonds. The summed E-state index contributed by atoms with van der Waals surface area (Å²) in [5.74, 6) is -1.49. The summed E-state index contributed by atoms with van der Waals surface area (Å²) in [5.41, 5.74) is 1.37. The number of hydrogen-bond donors (Lipinski definition) is 2. The van der Waals surface area contributed by atoms with Crippen molar-refractivity contribution in [2.75, 3.05) is 11.9 Å². The van der Waals surface area contributed by atoms with Crippen molar-refractivity contribution in [3.63, 3.8) is 0 Å². The Kier molecular flexibility index (Phi) is 5.74. The highest BCUT2D eigenvalue weighted by atomic mass is 35.5. The largest absolute Gasteiger partial charge is 0.405 e. The molecule has 1 aromatic heterocycles. The maximum Gasteiger partial charge on any atom is 0.405 e. The summed E-state index contributed by atoms with van der Waals surface area (Å²) < 4.78 is 37.1. The smallest absolute Gasteiger partial charge is 0.343 e. The number of nitrogens with zero attached hydrogens (tertiary/aromatic N) is 1. The second-order valence-electron chi connectivity index (χ2n) is 6.26. The number of aryl methyl sites for hydroxylation is 1. The number of anilines is 1. The van der Waals surface area contributed by atoms with Gasteiger partial charge < -0.3 is 10.6 Å². The number of fused-ring (bicyclic) bond motifs is 1. The molecule has 9 heteroatoms. The van der Waals surface area contributed by atoms with Gasteiger partial charge in [0.25, 0.3) is 11.8 Å². The fourth-order valence-electron chi connectivity index (χ4n) is 2.73. The lowest BCUT2D eigenvalue weighted by Crippen LogP contribution is -2.34. The van der Waals surface area contributed by atoms with E-state index in [1.54, 1.807) is 42.6 Å². The number of nitrogens with one attached hydrogen (secondary N) is 2. The Morgan fingerprint density at radius 3 is 2.48 bits per heavy atom. The number of alkyl halides is 3. The molecule has 0 saturated heterocycles. The molecular formula is C20H15ClF3N3O2. The van der Waals surface area contributed by atoms with Crippen LogP contribution in [-0.2, 0) is 0 Å². The molecule has 0 aliphatic rings. The molecule has 150 valence electrons. The predicted octanol–water partition coefficient (Wildman–Crippen LogP) is 4.74. The van der Waals surface area contributed by atoms with E-state index in [2.05, 4.69) is 10.3 Å². The van der Waals surface area contributed by atoms with Crippen LogP contribution in [0.25, 0.3) is 10.9 Å². The van der Waals surface area contributed by atoms with Crippen molar-refractivity contribution in [3.05, 3.63) is 70.4 Å². The van der Waals surface area contributed by atoms with Crippen molar-refractivity contribution in [2.45, 2.75) is 13.1 Å². The number of amides is 2. The van der Waals surface area contributed by atoms with Crippen molar-refractivity contribution in [2.24, 2.45) is 0 Å². The summed E-state index contributed by atoms with van der Waals surface area (Å²) in [6.07, 6.45) is -4.54. The third-order valence-corrected chi connectivity index (χ3v) is 4.32. The van der Waals surface area contributed by atoms with E-state index in [4.69, 9.17) is 11.6 Å². The van der Waals surface area contributed by atoms with Crippen LogP contribution in [0.5, 0.6) is 0 Å². The molecule has 2 aromatic carbocycles. The number of carbonyl (C=O) groups is 2. The Balaban J connectivity index is 1.87. The maximum absolute atomic E-state index is 12.8. The molecule has 0 radical (unpaired) electrons. The second-order valence-corrected chi connectivity index (χ2v) is 6.69. The van der Waals surface area contributed by atoms with Crippen molar-refractivity contribution in [1.82, 2.24) is 10.3 Å². The van der Waals surface area contributed by atoms with Crippen LogP contribution in [0.4, 0.5) is 18.9 Å². The number of pyridine rings is 1. The summed E-state index contributed by atoms with van der Waals surface area (Å²) in [4.78, 5) is 29.2. The molecule has 29 heavy (non-hydrogen) atoms. The summed E-state index contributed by atoms with van der Waals surface area (Å²) >= 11 is 5.98. The maximum atomic E-state index is 12.8. The number of benzene rings is 2. The molecule has 1 heterocycles. The molecule has 0 fully saturated rings. The molecule has 5 nitrogen and oxygen atoms in total. The normalized spacial score (nSPS) is 11.3.